The Balaban J connectivity index is 2.53. The predicted molar refractivity (Wildman–Crippen MR) is 51.7 cm³/mol. The Bertz CT molecular complexity index is 435. The zero-order chi connectivity index (χ0) is 9.97. The summed E-state index contributed by atoms with van der Waals surface area (Å²) >= 11 is 0. The van der Waals surface area contributed by atoms with Crippen molar-refractivity contribution < 1.29 is 0 Å². The lowest BCUT2D eigenvalue weighted by molar-refractivity contribution is 0.885. The third-order valence-corrected chi connectivity index (χ3v) is 1.62. The minimum atomic E-state index is 0.295. The zero-order valence-electron chi connectivity index (χ0n) is 7.97. The number of anilines is 1. The van der Waals surface area contributed by atoms with Crippen molar-refractivity contribution in [1.82, 2.24) is 25.1 Å². The van der Waals surface area contributed by atoms with E-state index in [2.05, 4.69) is 30.5 Å². The minimum Gasteiger partial charge on any atom is -0.366 e. The van der Waals surface area contributed by atoms with Crippen molar-refractivity contribution in [3.05, 3.63) is 12.7 Å². The van der Waals surface area contributed by atoms with E-state index in [-0.39, 0.29) is 0 Å². The van der Waals surface area contributed by atoms with Crippen LogP contribution in [0.15, 0.2) is 12.7 Å². The van der Waals surface area contributed by atoms with Crippen molar-refractivity contribution in [2.24, 2.45) is 0 Å². The Labute approximate surface area is 80.8 Å². The average Bonchev–Trinajstić information content (AvgIpc) is 2.18. The first kappa shape index (κ1) is 8.74. The summed E-state index contributed by atoms with van der Waals surface area (Å²) in [5.74, 6) is 0.694. The van der Waals surface area contributed by atoms with Gasteiger partial charge < -0.3 is 5.32 Å². The molecule has 0 saturated heterocycles. The van der Waals surface area contributed by atoms with Crippen LogP contribution in [0.4, 0.5) is 5.82 Å². The Morgan fingerprint density at radius 2 is 2.00 bits per heavy atom. The fraction of sp³-hybridized carbons (Fsp3) is 0.375. The average molecular weight is 190 g/mol. The highest BCUT2D eigenvalue weighted by atomic mass is 15.2. The lowest BCUT2D eigenvalue weighted by Gasteiger charge is -2.08. The van der Waals surface area contributed by atoms with E-state index < -0.39 is 0 Å². The highest BCUT2D eigenvalue weighted by Crippen LogP contribution is 2.13. The van der Waals surface area contributed by atoms with Crippen molar-refractivity contribution in [3.8, 4) is 0 Å². The molecule has 2 aromatic rings. The van der Waals surface area contributed by atoms with Gasteiger partial charge in [-0.2, -0.15) is 0 Å². The van der Waals surface area contributed by atoms with Gasteiger partial charge in [0.25, 0.3) is 0 Å². The summed E-state index contributed by atoms with van der Waals surface area (Å²) in [7, 11) is 0. The van der Waals surface area contributed by atoms with Crippen LogP contribution in [0.5, 0.6) is 0 Å². The van der Waals surface area contributed by atoms with Gasteiger partial charge in [0.2, 0.25) is 5.65 Å². The summed E-state index contributed by atoms with van der Waals surface area (Å²) in [6, 6.07) is 0.295. The molecule has 2 rings (SSSR count). The molecule has 0 unspecified atom stereocenters. The molecule has 6 heteroatoms. The number of aromatic nitrogens is 5. The highest BCUT2D eigenvalue weighted by molar-refractivity contribution is 5.81. The van der Waals surface area contributed by atoms with Gasteiger partial charge in [-0.15, -0.1) is 10.2 Å². The maximum Gasteiger partial charge on any atom is 0.205 e. The molecule has 0 aliphatic heterocycles. The van der Waals surface area contributed by atoms with Crippen molar-refractivity contribution in [2.75, 3.05) is 5.32 Å². The number of hydrogen-bond acceptors (Lipinski definition) is 6. The van der Waals surface area contributed by atoms with E-state index in [1.54, 1.807) is 0 Å². The molecule has 0 saturated carbocycles. The van der Waals surface area contributed by atoms with E-state index in [4.69, 9.17) is 0 Å². The van der Waals surface area contributed by atoms with Crippen LogP contribution in [0.3, 0.4) is 0 Å². The second-order valence-corrected chi connectivity index (χ2v) is 3.15. The van der Waals surface area contributed by atoms with Gasteiger partial charge in [0.15, 0.2) is 11.3 Å². The van der Waals surface area contributed by atoms with E-state index in [1.165, 1.54) is 12.7 Å². The molecule has 0 aromatic carbocycles. The SMILES string of the molecule is CC(C)Nc1ncnc2nncnc12. The molecule has 0 spiro atoms. The normalized spacial score (nSPS) is 10.8. The monoisotopic (exact) mass is 190 g/mol. The molecule has 0 atom stereocenters. The van der Waals surface area contributed by atoms with Crippen LogP contribution in [0, 0.1) is 0 Å². The van der Waals surface area contributed by atoms with Crippen LogP contribution < -0.4 is 5.32 Å². The van der Waals surface area contributed by atoms with Crippen LogP contribution in [0.1, 0.15) is 13.8 Å². The summed E-state index contributed by atoms with van der Waals surface area (Å²) in [6.45, 7) is 4.06. The molecule has 0 radical (unpaired) electrons. The second kappa shape index (κ2) is 3.49. The summed E-state index contributed by atoms with van der Waals surface area (Å²) in [5.41, 5.74) is 1.15. The third kappa shape index (κ3) is 1.59. The quantitative estimate of drug-likeness (QED) is 0.748. The van der Waals surface area contributed by atoms with Crippen LogP contribution in [0.25, 0.3) is 11.2 Å². The largest absolute Gasteiger partial charge is 0.366 e. The minimum absolute atomic E-state index is 0.295. The topological polar surface area (TPSA) is 76.5 Å². The van der Waals surface area contributed by atoms with Crippen LogP contribution >= 0.6 is 0 Å². The van der Waals surface area contributed by atoms with Gasteiger partial charge in [0, 0.05) is 6.04 Å². The van der Waals surface area contributed by atoms with E-state index >= 15 is 0 Å². The molecule has 0 fully saturated rings. The lowest BCUT2D eigenvalue weighted by Crippen LogP contribution is -2.12. The Kier molecular flexibility index (Phi) is 2.18. The van der Waals surface area contributed by atoms with Crippen LogP contribution in [-0.2, 0) is 0 Å². The second-order valence-electron chi connectivity index (χ2n) is 3.15. The van der Waals surface area contributed by atoms with Crippen molar-refractivity contribution in [1.29, 1.82) is 0 Å². The predicted octanol–water partition coefficient (Wildman–Crippen LogP) is 0.635. The number of nitrogens with zero attached hydrogens (tertiary/aromatic N) is 5. The van der Waals surface area contributed by atoms with Gasteiger partial charge in [0.05, 0.1) is 0 Å². The number of hydrogen-bond donors (Lipinski definition) is 1. The molecule has 72 valence electrons. The number of fused-ring (bicyclic) bond motifs is 1. The Hall–Kier alpha value is -1.85. The molecule has 2 aromatic heterocycles. The summed E-state index contributed by atoms with van der Waals surface area (Å²) in [6.07, 6.45) is 2.83. The van der Waals surface area contributed by atoms with Gasteiger partial charge in [-0.05, 0) is 13.8 Å². The van der Waals surface area contributed by atoms with Gasteiger partial charge in [-0.3, -0.25) is 0 Å². The van der Waals surface area contributed by atoms with Crippen molar-refractivity contribution >= 4 is 17.0 Å². The Morgan fingerprint density at radius 1 is 1.14 bits per heavy atom. The molecule has 0 bridgehead atoms. The van der Waals surface area contributed by atoms with E-state index in [0.717, 1.165) is 0 Å². The van der Waals surface area contributed by atoms with Gasteiger partial charge >= 0.3 is 0 Å². The molecule has 6 nitrogen and oxygen atoms in total. The van der Waals surface area contributed by atoms with Crippen LogP contribution in [-0.4, -0.2) is 31.2 Å². The van der Waals surface area contributed by atoms with Gasteiger partial charge in [-0.25, -0.2) is 15.0 Å². The molecule has 1 N–H and O–H groups in total. The molecule has 14 heavy (non-hydrogen) atoms. The first-order valence-electron chi connectivity index (χ1n) is 4.32. The molecule has 0 amide bonds. The summed E-state index contributed by atoms with van der Waals surface area (Å²) in [5, 5.41) is 10.7. The number of rotatable bonds is 2. The van der Waals surface area contributed by atoms with E-state index in [0.29, 0.717) is 23.0 Å². The van der Waals surface area contributed by atoms with Gasteiger partial charge in [0.1, 0.15) is 12.7 Å². The smallest absolute Gasteiger partial charge is 0.205 e. The molecule has 0 aliphatic rings. The maximum absolute atomic E-state index is 4.09. The summed E-state index contributed by atoms with van der Waals surface area (Å²) < 4.78 is 0. The number of nitrogens with one attached hydrogen (secondary N) is 1. The molecule has 0 aliphatic carbocycles. The highest BCUT2D eigenvalue weighted by Gasteiger charge is 2.05. The van der Waals surface area contributed by atoms with E-state index in [1.807, 2.05) is 13.8 Å². The standard InChI is InChI=1S/C8H10N6/c1-5(2)13-7-6-8(11-3-10-7)14-12-4-9-6/h3-5H,1-2H3,(H,10,11,13,14). The van der Waals surface area contributed by atoms with E-state index in [9.17, 15) is 0 Å². The fourth-order valence-electron chi connectivity index (χ4n) is 1.10. The maximum atomic E-state index is 4.09. The third-order valence-electron chi connectivity index (χ3n) is 1.62. The first-order chi connectivity index (χ1) is 6.77. The summed E-state index contributed by atoms with van der Waals surface area (Å²) in [4.78, 5) is 12.1. The molecule has 2 heterocycles. The Morgan fingerprint density at radius 3 is 2.79 bits per heavy atom. The first-order valence-corrected chi connectivity index (χ1v) is 4.32. The molecular formula is C8H10N6. The zero-order valence-corrected chi connectivity index (χ0v) is 7.97. The van der Waals surface area contributed by atoms with Crippen molar-refractivity contribution in [2.45, 2.75) is 19.9 Å². The lowest BCUT2D eigenvalue weighted by atomic mass is 10.4. The van der Waals surface area contributed by atoms with Gasteiger partial charge in [-0.1, -0.05) is 0 Å². The van der Waals surface area contributed by atoms with Crippen LogP contribution in [0.2, 0.25) is 0 Å². The van der Waals surface area contributed by atoms with Crippen molar-refractivity contribution in [3.63, 3.8) is 0 Å². The fourth-order valence-corrected chi connectivity index (χ4v) is 1.10. The molecular weight excluding hydrogens is 180 g/mol.